The summed E-state index contributed by atoms with van der Waals surface area (Å²) in [7, 11) is 0. The lowest BCUT2D eigenvalue weighted by Crippen LogP contribution is -2.02. The number of fused-ring (bicyclic) bond motifs is 1. The third-order valence-corrected chi connectivity index (χ3v) is 3.28. The minimum Gasteiger partial charge on any atom is -0.365 e. The number of nitro groups is 1. The van der Waals surface area contributed by atoms with Crippen LogP contribution in [0.5, 0.6) is 0 Å². The molecule has 5 heteroatoms. The fourth-order valence-electron chi connectivity index (χ4n) is 2.27. The molecule has 0 aliphatic rings. The van der Waals surface area contributed by atoms with Gasteiger partial charge in [0.2, 0.25) is 0 Å². The van der Waals surface area contributed by atoms with Crippen LogP contribution in [-0.2, 0) is 6.54 Å². The molecule has 0 amide bonds. The van der Waals surface area contributed by atoms with E-state index in [2.05, 4.69) is 10.3 Å². The monoisotopic (exact) mass is 279 g/mol. The SMILES string of the molecule is O=[N+]([O-])c1cccc2c(NCc3ccccc3)nccc12. The molecular formula is C16H13N3O2. The molecule has 1 aromatic heterocycles. The van der Waals surface area contributed by atoms with Crippen molar-refractivity contribution in [1.82, 2.24) is 4.98 Å². The Labute approximate surface area is 121 Å². The van der Waals surface area contributed by atoms with Gasteiger partial charge in [-0.1, -0.05) is 42.5 Å². The van der Waals surface area contributed by atoms with Crippen molar-refractivity contribution in [3.05, 3.63) is 76.5 Å². The number of nitrogens with one attached hydrogen (secondary N) is 1. The van der Waals surface area contributed by atoms with E-state index in [9.17, 15) is 10.1 Å². The summed E-state index contributed by atoms with van der Waals surface area (Å²) in [6.45, 7) is 0.621. The first-order chi connectivity index (χ1) is 10.3. The number of nitrogens with zero attached hydrogens (tertiary/aromatic N) is 2. The number of nitro benzene ring substituents is 1. The zero-order valence-electron chi connectivity index (χ0n) is 11.2. The summed E-state index contributed by atoms with van der Waals surface area (Å²) >= 11 is 0. The van der Waals surface area contributed by atoms with Crippen molar-refractivity contribution in [2.45, 2.75) is 6.54 Å². The molecule has 0 bridgehead atoms. The van der Waals surface area contributed by atoms with Crippen molar-refractivity contribution in [3.63, 3.8) is 0 Å². The van der Waals surface area contributed by atoms with Crippen LogP contribution in [0.4, 0.5) is 11.5 Å². The molecule has 0 unspecified atom stereocenters. The third kappa shape index (κ3) is 2.67. The molecular weight excluding hydrogens is 266 g/mol. The molecule has 21 heavy (non-hydrogen) atoms. The molecule has 0 fully saturated rings. The van der Waals surface area contributed by atoms with E-state index in [1.165, 1.54) is 6.07 Å². The van der Waals surface area contributed by atoms with Gasteiger partial charge in [0, 0.05) is 24.2 Å². The molecule has 0 saturated heterocycles. The van der Waals surface area contributed by atoms with Crippen LogP contribution in [0.15, 0.2) is 60.8 Å². The molecule has 0 atom stereocenters. The van der Waals surface area contributed by atoms with Crippen LogP contribution in [0.1, 0.15) is 5.56 Å². The van der Waals surface area contributed by atoms with Gasteiger partial charge in [-0.15, -0.1) is 0 Å². The second kappa shape index (κ2) is 5.58. The van der Waals surface area contributed by atoms with Gasteiger partial charge in [0.25, 0.3) is 5.69 Å². The smallest absolute Gasteiger partial charge is 0.277 e. The Hall–Kier alpha value is -2.95. The predicted octanol–water partition coefficient (Wildman–Crippen LogP) is 3.76. The summed E-state index contributed by atoms with van der Waals surface area (Å²) < 4.78 is 0. The van der Waals surface area contributed by atoms with Crippen LogP contribution in [0.3, 0.4) is 0 Å². The quantitative estimate of drug-likeness (QED) is 0.583. The minimum atomic E-state index is -0.372. The lowest BCUT2D eigenvalue weighted by molar-refractivity contribution is -0.383. The van der Waals surface area contributed by atoms with Crippen LogP contribution in [0, 0.1) is 10.1 Å². The van der Waals surface area contributed by atoms with E-state index < -0.39 is 0 Å². The molecule has 3 rings (SSSR count). The van der Waals surface area contributed by atoms with E-state index in [0.29, 0.717) is 17.7 Å². The summed E-state index contributed by atoms with van der Waals surface area (Å²) in [4.78, 5) is 15.0. The lowest BCUT2D eigenvalue weighted by Gasteiger charge is -2.09. The normalized spacial score (nSPS) is 10.5. The maximum Gasteiger partial charge on any atom is 0.277 e. The zero-order chi connectivity index (χ0) is 14.7. The highest BCUT2D eigenvalue weighted by atomic mass is 16.6. The molecule has 0 spiro atoms. The molecule has 0 aliphatic carbocycles. The van der Waals surface area contributed by atoms with Gasteiger partial charge >= 0.3 is 0 Å². The Kier molecular flexibility index (Phi) is 3.47. The summed E-state index contributed by atoms with van der Waals surface area (Å²) in [5.74, 6) is 0.653. The fourth-order valence-corrected chi connectivity index (χ4v) is 2.27. The summed E-state index contributed by atoms with van der Waals surface area (Å²) in [5, 5.41) is 15.6. The van der Waals surface area contributed by atoms with Gasteiger partial charge in [-0.05, 0) is 11.6 Å². The van der Waals surface area contributed by atoms with Gasteiger partial charge in [-0.3, -0.25) is 10.1 Å². The van der Waals surface area contributed by atoms with Gasteiger partial charge in [0.15, 0.2) is 0 Å². The van der Waals surface area contributed by atoms with Crippen LogP contribution < -0.4 is 5.32 Å². The summed E-state index contributed by atoms with van der Waals surface area (Å²) in [5.41, 5.74) is 1.22. The Balaban J connectivity index is 1.96. The second-order valence-corrected chi connectivity index (χ2v) is 4.63. The minimum absolute atomic E-state index is 0.0951. The molecule has 104 valence electrons. The molecule has 3 aromatic rings. The van der Waals surface area contributed by atoms with E-state index in [1.54, 1.807) is 18.3 Å². The molecule has 0 aliphatic heterocycles. The van der Waals surface area contributed by atoms with Crippen molar-refractivity contribution in [1.29, 1.82) is 0 Å². The van der Waals surface area contributed by atoms with E-state index in [4.69, 9.17) is 0 Å². The highest BCUT2D eigenvalue weighted by Gasteiger charge is 2.13. The maximum absolute atomic E-state index is 11.1. The Morgan fingerprint density at radius 1 is 1.00 bits per heavy atom. The van der Waals surface area contributed by atoms with Crippen molar-refractivity contribution >= 4 is 22.3 Å². The van der Waals surface area contributed by atoms with Crippen molar-refractivity contribution in [3.8, 4) is 0 Å². The van der Waals surface area contributed by atoms with Gasteiger partial charge in [-0.2, -0.15) is 0 Å². The van der Waals surface area contributed by atoms with Crippen LogP contribution in [0.25, 0.3) is 10.8 Å². The van der Waals surface area contributed by atoms with Gasteiger partial charge in [-0.25, -0.2) is 4.98 Å². The average Bonchev–Trinajstić information content (AvgIpc) is 2.53. The number of aromatic nitrogens is 1. The summed E-state index contributed by atoms with van der Waals surface area (Å²) in [6, 6.07) is 16.6. The largest absolute Gasteiger partial charge is 0.365 e. The maximum atomic E-state index is 11.1. The standard InChI is InChI=1S/C16H13N3O2/c20-19(21)15-8-4-7-14-13(15)9-10-17-16(14)18-11-12-5-2-1-3-6-12/h1-10H,11H2,(H,17,18). The van der Waals surface area contributed by atoms with Crippen LogP contribution in [-0.4, -0.2) is 9.91 Å². The molecule has 0 radical (unpaired) electrons. The number of hydrogen-bond acceptors (Lipinski definition) is 4. The van der Waals surface area contributed by atoms with Gasteiger partial charge in [0.1, 0.15) is 5.82 Å². The first-order valence-corrected chi connectivity index (χ1v) is 6.55. The Morgan fingerprint density at radius 3 is 2.57 bits per heavy atom. The number of anilines is 1. The summed E-state index contributed by atoms with van der Waals surface area (Å²) in [6.07, 6.45) is 1.59. The van der Waals surface area contributed by atoms with Gasteiger partial charge in [0.05, 0.1) is 10.3 Å². The van der Waals surface area contributed by atoms with Gasteiger partial charge < -0.3 is 5.32 Å². The topological polar surface area (TPSA) is 68.1 Å². The lowest BCUT2D eigenvalue weighted by atomic mass is 10.1. The molecule has 0 saturated carbocycles. The fraction of sp³-hybridized carbons (Fsp3) is 0.0625. The highest BCUT2D eigenvalue weighted by molar-refractivity contribution is 5.97. The van der Waals surface area contributed by atoms with E-state index in [-0.39, 0.29) is 10.6 Å². The first kappa shape index (κ1) is 13.1. The molecule has 5 nitrogen and oxygen atoms in total. The first-order valence-electron chi connectivity index (χ1n) is 6.55. The number of rotatable bonds is 4. The van der Waals surface area contributed by atoms with Crippen molar-refractivity contribution in [2.24, 2.45) is 0 Å². The number of benzene rings is 2. The van der Waals surface area contributed by atoms with E-state index >= 15 is 0 Å². The highest BCUT2D eigenvalue weighted by Crippen LogP contribution is 2.29. The number of pyridine rings is 1. The Bertz CT molecular complexity index is 788. The van der Waals surface area contributed by atoms with Crippen molar-refractivity contribution < 1.29 is 4.92 Å². The third-order valence-electron chi connectivity index (χ3n) is 3.28. The number of non-ortho nitro benzene ring substituents is 1. The van der Waals surface area contributed by atoms with Crippen LogP contribution >= 0.6 is 0 Å². The average molecular weight is 279 g/mol. The molecule has 2 aromatic carbocycles. The number of hydrogen-bond donors (Lipinski definition) is 1. The van der Waals surface area contributed by atoms with E-state index in [0.717, 1.165) is 10.9 Å². The zero-order valence-corrected chi connectivity index (χ0v) is 11.2. The Morgan fingerprint density at radius 2 is 1.81 bits per heavy atom. The second-order valence-electron chi connectivity index (χ2n) is 4.63. The molecule has 1 N–H and O–H groups in total. The predicted molar refractivity (Wildman–Crippen MR) is 82.2 cm³/mol. The van der Waals surface area contributed by atoms with Crippen LogP contribution in [0.2, 0.25) is 0 Å². The van der Waals surface area contributed by atoms with Crippen molar-refractivity contribution in [2.75, 3.05) is 5.32 Å². The van der Waals surface area contributed by atoms with E-state index in [1.807, 2.05) is 36.4 Å². The molecule has 1 heterocycles.